The third-order valence-corrected chi connectivity index (χ3v) is 1.89. The van der Waals surface area contributed by atoms with Gasteiger partial charge in [-0.1, -0.05) is 20.8 Å². The van der Waals surface area contributed by atoms with Crippen LogP contribution in [0.4, 0.5) is 0 Å². The summed E-state index contributed by atoms with van der Waals surface area (Å²) in [7, 11) is 0. The summed E-state index contributed by atoms with van der Waals surface area (Å²) in [6.07, 6.45) is 1.24. The van der Waals surface area contributed by atoms with Gasteiger partial charge in [-0.15, -0.1) is 0 Å². The van der Waals surface area contributed by atoms with E-state index < -0.39 is 0 Å². The van der Waals surface area contributed by atoms with E-state index in [0.717, 1.165) is 19.0 Å². The van der Waals surface area contributed by atoms with Gasteiger partial charge >= 0.3 is 0 Å². The summed E-state index contributed by atoms with van der Waals surface area (Å²) >= 11 is 0. The van der Waals surface area contributed by atoms with E-state index in [2.05, 4.69) is 12.2 Å². The second kappa shape index (κ2) is 5.69. The number of hydrogen-bond acceptors (Lipinski definition) is 2. The Bertz CT molecular complexity index is 63.7. The van der Waals surface area contributed by atoms with Crippen LogP contribution in [0.2, 0.25) is 0 Å². The topological polar surface area (TPSA) is 38.0 Å². The van der Waals surface area contributed by atoms with E-state index >= 15 is 0 Å². The maximum atomic E-state index is 5.72. The zero-order valence-corrected chi connectivity index (χ0v) is 7.35. The van der Waals surface area contributed by atoms with Gasteiger partial charge in [0, 0.05) is 12.6 Å². The number of nitrogens with one attached hydrogen (secondary N) is 1. The summed E-state index contributed by atoms with van der Waals surface area (Å²) in [5, 5.41) is 3.24. The van der Waals surface area contributed by atoms with Gasteiger partial charge < -0.3 is 11.1 Å². The minimum absolute atomic E-state index is 0.392. The van der Waals surface area contributed by atoms with Crippen molar-refractivity contribution in [1.82, 2.24) is 5.32 Å². The van der Waals surface area contributed by atoms with Crippen LogP contribution in [0.15, 0.2) is 0 Å². The van der Waals surface area contributed by atoms with Gasteiger partial charge in [-0.2, -0.15) is 0 Å². The van der Waals surface area contributed by atoms with Crippen LogP contribution in [-0.2, 0) is 0 Å². The summed E-state index contributed by atoms with van der Waals surface area (Å²) < 4.78 is 0. The average molecular weight is 144 g/mol. The Morgan fingerprint density at radius 2 is 2.00 bits per heavy atom. The fraction of sp³-hybridized carbons (Fsp3) is 1.00. The van der Waals surface area contributed by atoms with Crippen molar-refractivity contribution in [2.75, 3.05) is 13.1 Å². The number of nitrogens with two attached hydrogens (primary N) is 1. The Kier molecular flexibility index (Phi) is 5.64. The van der Waals surface area contributed by atoms with Crippen LogP contribution >= 0.6 is 0 Å². The summed E-state index contributed by atoms with van der Waals surface area (Å²) in [6.45, 7) is 8.36. The summed E-state index contributed by atoms with van der Waals surface area (Å²) in [6, 6.07) is 0.392. The van der Waals surface area contributed by atoms with Crippen LogP contribution in [0.3, 0.4) is 0 Å². The van der Waals surface area contributed by atoms with Crippen LogP contribution in [0.1, 0.15) is 27.2 Å². The van der Waals surface area contributed by atoms with Gasteiger partial charge in [0.05, 0.1) is 0 Å². The molecule has 62 valence electrons. The molecular weight excluding hydrogens is 124 g/mol. The van der Waals surface area contributed by atoms with Crippen LogP contribution < -0.4 is 11.1 Å². The van der Waals surface area contributed by atoms with Crippen LogP contribution in [-0.4, -0.2) is 19.1 Å². The first-order valence-electron chi connectivity index (χ1n) is 4.27. The van der Waals surface area contributed by atoms with Crippen LogP contribution in [0.5, 0.6) is 0 Å². The van der Waals surface area contributed by atoms with Gasteiger partial charge in [0.15, 0.2) is 0 Å². The smallest absolute Gasteiger partial charge is 0.0191 e. The fourth-order valence-electron chi connectivity index (χ4n) is 1.01. The molecule has 1 aliphatic heterocycles. The Hall–Kier alpha value is -0.0800. The minimum Gasteiger partial charge on any atom is -0.326 e. The van der Waals surface area contributed by atoms with Gasteiger partial charge in [0.2, 0.25) is 0 Å². The van der Waals surface area contributed by atoms with Crippen LogP contribution in [0, 0.1) is 5.92 Å². The second-order valence-corrected chi connectivity index (χ2v) is 2.63. The first-order chi connectivity index (χ1) is 4.80. The molecule has 2 nitrogen and oxygen atoms in total. The molecule has 0 amide bonds. The normalized spacial score (nSPS) is 32.4. The molecule has 1 rings (SSSR count). The Labute approximate surface area is 64.2 Å². The predicted molar refractivity (Wildman–Crippen MR) is 46.0 cm³/mol. The number of piperidine rings is 1. The lowest BCUT2D eigenvalue weighted by atomic mass is 9.96. The number of rotatable bonds is 0. The van der Waals surface area contributed by atoms with E-state index in [9.17, 15) is 0 Å². The van der Waals surface area contributed by atoms with E-state index in [-0.39, 0.29) is 0 Å². The Morgan fingerprint density at radius 3 is 2.30 bits per heavy atom. The maximum absolute atomic E-state index is 5.72. The molecule has 0 bridgehead atoms. The highest BCUT2D eigenvalue weighted by atomic mass is 14.9. The lowest BCUT2D eigenvalue weighted by Gasteiger charge is -2.25. The molecule has 1 heterocycles. The van der Waals surface area contributed by atoms with Crippen molar-refractivity contribution in [3.63, 3.8) is 0 Å². The lowest BCUT2D eigenvalue weighted by Crippen LogP contribution is -2.44. The van der Waals surface area contributed by atoms with E-state index in [1.807, 2.05) is 13.8 Å². The SMILES string of the molecule is CC.CC1CCNCC1N. The molecule has 2 unspecified atom stereocenters. The molecule has 0 aliphatic carbocycles. The molecule has 0 spiro atoms. The van der Waals surface area contributed by atoms with E-state index in [1.165, 1.54) is 6.42 Å². The van der Waals surface area contributed by atoms with Crippen molar-refractivity contribution in [2.45, 2.75) is 33.2 Å². The van der Waals surface area contributed by atoms with E-state index in [1.54, 1.807) is 0 Å². The molecule has 0 aromatic rings. The third-order valence-electron chi connectivity index (χ3n) is 1.89. The van der Waals surface area contributed by atoms with Crippen molar-refractivity contribution in [3.05, 3.63) is 0 Å². The van der Waals surface area contributed by atoms with Gasteiger partial charge in [0.25, 0.3) is 0 Å². The molecular formula is C8H20N2. The first-order valence-corrected chi connectivity index (χ1v) is 4.27. The van der Waals surface area contributed by atoms with E-state index in [4.69, 9.17) is 5.73 Å². The standard InChI is InChI=1S/C6H14N2.C2H6/c1-5-2-3-8-4-6(5)7;1-2/h5-6,8H,2-4,7H2,1H3;1-2H3. The largest absolute Gasteiger partial charge is 0.326 e. The molecule has 0 saturated carbocycles. The van der Waals surface area contributed by atoms with Crippen molar-refractivity contribution < 1.29 is 0 Å². The second-order valence-electron chi connectivity index (χ2n) is 2.63. The Balaban J connectivity index is 0.000000371. The highest BCUT2D eigenvalue weighted by Gasteiger charge is 2.15. The zero-order chi connectivity index (χ0) is 7.98. The van der Waals surface area contributed by atoms with Crippen molar-refractivity contribution >= 4 is 0 Å². The Morgan fingerprint density at radius 1 is 1.40 bits per heavy atom. The first kappa shape index (κ1) is 9.92. The minimum atomic E-state index is 0.392. The fourth-order valence-corrected chi connectivity index (χ4v) is 1.01. The summed E-state index contributed by atoms with van der Waals surface area (Å²) in [4.78, 5) is 0. The maximum Gasteiger partial charge on any atom is 0.0191 e. The molecule has 2 heteroatoms. The molecule has 1 saturated heterocycles. The van der Waals surface area contributed by atoms with Crippen LogP contribution in [0.25, 0.3) is 0 Å². The van der Waals surface area contributed by atoms with Crippen molar-refractivity contribution in [2.24, 2.45) is 11.7 Å². The molecule has 0 aromatic carbocycles. The third kappa shape index (κ3) is 3.18. The average Bonchev–Trinajstić information content (AvgIpc) is 2.00. The molecule has 3 N–H and O–H groups in total. The highest BCUT2D eigenvalue weighted by Crippen LogP contribution is 2.07. The lowest BCUT2D eigenvalue weighted by molar-refractivity contribution is 0.348. The van der Waals surface area contributed by atoms with Crippen molar-refractivity contribution in [3.8, 4) is 0 Å². The molecule has 2 atom stereocenters. The van der Waals surface area contributed by atoms with Gasteiger partial charge in [-0.3, -0.25) is 0 Å². The zero-order valence-electron chi connectivity index (χ0n) is 7.35. The molecule has 10 heavy (non-hydrogen) atoms. The van der Waals surface area contributed by atoms with Gasteiger partial charge in [-0.05, 0) is 18.9 Å². The monoisotopic (exact) mass is 144 g/mol. The molecule has 1 fully saturated rings. The molecule has 0 aromatic heterocycles. The predicted octanol–water partition coefficient (Wildman–Crippen LogP) is 0.969. The summed E-state index contributed by atoms with van der Waals surface area (Å²) in [5.74, 6) is 0.719. The molecule has 1 aliphatic rings. The van der Waals surface area contributed by atoms with E-state index in [0.29, 0.717) is 6.04 Å². The quantitative estimate of drug-likeness (QED) is 0.531. The number of hydrogen-bond donors (Lipinski definition) is 2. The van der Waals surface area contributed by atoms with Gasteiger partial charge in [0.1, 0.15) is 0 Å². The molecule has 0 radical (unpaired) electrons. The van der Waals surface area contributed by atoms with Crippen molar-refractivity contribution in [1.29, 1.82) is 0 Å². The highest BCUT2D eigenvalue weighted by molar-refractivity contribution is 4.76. The van der Waals surface area contributed by atoms with Gasteiger partial charge in [-0.25, -0.2) is 0 Å². The summed E-state index contributed by atoms with van der Waals surface area (Å²) in [5.41, 5.74) is 5.72.